The zero-order chi connectivity index (χ0) is 14.1. The molecular weight excluding hydrogens is 338 g/mol. The van der Waals surface area contributed by atoms with Crippen molar-refractivity contribution in [2.75, 3.05) is 18.2 Å². The normalized spacial score (nSPS) is 10.7. The highest BCUT2D eigenvalue weighted by Crippen LogP contribution is 2.33. The lowest BCUT2D eigenvalue weighted by Gasteiger charge is -2.07. The second-order valence-electron chi connectivity index (χ2n) is 4.22. The molecule has 0 bridgehead atoms. The average Bonchev–Trinajstić information content (AvgIpc) is 2.82. The molecule has 1 aromatic heterocycles. The highest BCUT2D eigenvalue weighted by Gasteiger charge is 2.07. The van der Waals surface area contributed by atoms with Gasteiger partial charge in [0.25, 0.3) is 0 Å². The largest absolute Gasteiger partial charge is 0.497 e. The molecule has 102 valence electrons. The molecule has 0 spiro atoms. The number of rotatable bonds is 3. The second-order valence-corrected chi connectivity index (χ2v) is 6.10. The van der Waals surface area contributed by atoms with E-state index >= 15 is 0 Å². The molecule has 6 heteroatoms. The van der Waals surface area contributed by atoms with E-state index in [1.165, 1.54) is 0 Å². The minimum Gasteiger partial charge on any atom is -0.497 e. The van der Waals surface area contributed by atoms with Crippen molar-refractivity contribution in [3.8, 4) is 5.75 Å². The van der Waals surface area contributed by atoms with Crippen molar-refractivity contribution in [2.24, 2.45) is 0 Å². The Bertz CT molecular complexity index is 772. The van der Waals surface area contributed by atoms with E-state index in [2.05, 4.69) is 26.2 Å². The van der Waals surface area contributed by atoms with Gasteiger partial charge in [-0.05, 0) is 46.3 Å². The summed E-state index contributed by atoms with van der Waals surface area (Å²) in [5.41, 5.74) is 8.38. The van der Waals surface area contributed by atoms with Gasteiger partial charge in [-0.1, -0.05) is 11.3 Å². The topological polar surface area (TPSA) is 60.2 Å². The summed E-state index contributed by atoms with van der Waals surface area (Å²) in [5, 5.41) is 4.11. The number of nitrogens with zero attached hydrogens (tertiary/aromatic N) is 1. The lowest BCUT2D eigenvalue weighted by Crippen LogP contribution is -1.92. The van der Waals surface area contributed by atoms with E-state index in [0.29, 0.717) is 0 Å². The average molecular weight is 350 g/mol. The fourth-order valence-corrected chi connectivity index (χ4v) is 3.11. The number of anilines is 3. The summed E-state index contributed by atoms with van der Waals surface area (Å²) in [5.74, 6) is 0.793. The highest BCUT2D eigenvalue weighted by molar-refractivity contribution is 9.10. The molecule has 1 heterocycles. The molecule has 3 aromatic rings. The Balaban J connectivity index is 1.96. The Hall–Kier alpha value is -1.79. The van der Waals surface area contributed by atoms with Crippen LogP contribution < -0.4 is 15.8 Å². The minimum atomic E-state index is 0.746. The van der Waals surface area contributed by atoms with Gasteiger partial charge < -0.3 is 15.8 Å². The number of hydrogen-bond acceptors (Lipinski definition) is 5. The molecule has 0 aliphatic heterocycles. The molecular formula is C14H12BrN3OS. The highest BCUT2D eigenvalue weighted by atomic mass is 79.9. The van der Waals surface area contributed by atoms with Gasteiger partial charge in [0, 0.05) is 16.2 Å². The maximum Gasteiger partial charge on any atom is 0.188 e. The van der Waals surface area contributed by atoms with E-state index in [4.69, 9.17) is 10.5 Å². The van der Waals surface area contributed by atoms with Crippen LogP contribution in [0, 0.1) is 0 Å². The Morgan fingerprint density at radius 3 is 2.90 bits per heavy atom. The number of hydrogen-bond donors (Lipinski definition) is 2. The first kappa shape index (κ1) is 13.2. The van der Waals surface area contributed by atoms with Gasteiger partial charge in [0.1, 0.15) is 5.75 Å². The van der Waals surface area contributed by atoms with Crippen LogP contribution in [0.25, 0.3) is 10.2 Å². The zero-order valence-electron chi connectivity index (χ0n) is 10.7. The van der Waals surface area contributed by atoms with Gasteiger partial charge in [0.2, 0.25) is 0 Å². The van der Waals surface area contributed by atoms with E-state index in [0.717, 1.165) is 36.9 Å². The lowest BCUT2D eigenvalue weighted by atomic mass is 10.3. The third-order valence-corrected chi connectivity index (χ3v) is 4.45. The van der Waals surface area contributed by atoms with Crippen LogP contribution in [-0.2, 0) is 0 Å². The van der Waals surface area contributed by atoms with Crippen LogP contribution in [0.2, 0.25) is 0 Å². The fourth-order valence-electron chi connectivity index (χ4n) is 1.84. The number of ether oxygens (including phenoxy) is 1. The zero-order valence-corrected chi connectivity index (χ0v) is 13.1. The molecule has 2 aromatic carbocycles. The predicted molar refractivity (Wildman–Crippen MR) is 88.0 cm³/mol. The van der Waals surface area contributed by atoms with E-state index in [9.17, 15) is 0 Å². The van der Waals surface area contributed by atoms with Crippen molar-refractivity contribution in [1.29, 1.82) is 0 Å². The SMILES string of the molecule is COc1ccc(Br)c(Nc2nc3ccc(N)cc3s2)c1. The maximum absolute atomic E-state index is 5.78. The summed E-state index contributed by atoms with van der Waals surface area (Å²) in [7, 11) is 1.65. The molecule has 0 unspecified atom stereocenters. The number of benzene rings is 2. The first-order valence-electron chi connectivity index (χ1n) is 5.92. The lowest BCUT2D eigenvalue weighted by molar-refractivity contribution is 0.415. The van der Waals surface area contributed by atoms with Crippen LogP contribution >= 0.6 is 27.3 Å². The summed E-state index contributed by atoms with van der Waals surface area (Å²) < 4.78 is 7.25. The van der Waals surface area contributed by atoms with Crippen molar-refractivity contribution in [3.05, 3.63) is 40.9 Å². The Morgan fingerprint density at radius 1 is 1.25 bits per heavy atom. The van der Waals surface area contributed by atoms with Gasteiger partial charge in [-0.25, -0.2) is 4.98 Å². The summed E-state index contributed by atoms with van der Waals surface area (Å²) >= 11 is 5.08. The maximum atomic E-state index is 5.78. The number of nitrogen functional groups attached to an aromatic ring is 1. The molecule has 0 aliphatic rings. The standard InChI is InChI=1S/C14H12BrN3OS/c1-19-9-3-4-10(15)12(7-9)18-14-17-11-5-2-8(16)6-13(11)20-14/h2-7H,16H2,1H3,(H,17,18). The third kappa shape index (κ3) is 2.57. The molecule has 0 radical (unpaired) electrons. The van der Waals surface area contributed by atoms with Gasteiger partial charge in [0.15, 0.2) is 5.13 Å². The first-order chi connectivity index (χ1) is 9.65. The molecule has 0 fully saturated rings. The van der Waals surface area contributed by atoms with Gasteiger partial charge >= 0.3 is 0 Å². The van der Waals surface area contributed by atoms with E-state index < -0.39 is 0 Å². The molecule has 0 saturated heterocycles. The van der Waals surface area contributed by atoms with Crippen LogP contribution in [0.5, 0.6) is 5.75 Å². The monoisotopic (exact) mass is 349 g/mol. The molecule has 0 saturated carbocycles. The Labute approximate surface area is 128 Å². The van der Waals surface area contributed by atoms with Crippen molar-refractivity contribution in [1.82, 2.24) is 4.98 Å². The summed E-state index contributed by atoms with van der Waals surface area (Å²) in [6, 6.07) is 11.5. The second kappa shape index (κ2) is 5.30. The molecule has 3 N–H and O–H groups in total. The molecule has 3 rings (SSSR count). The third-order valence-electron chi connectivity index (χ3n) is 2.83. The smallest absolute Gasteiger partial charge is 0.188 e. The minimum absolute atomic E-state index is 0.746. The summed E-state index contributed by atoms with van der Waals surface area (Å²) in [6.45, 7) is 0. The number of nitrogens with one attached hydrogen (secondary N) is 1. The van der Waals surface area contributed by atoms with Crippen LogP contribution in [-0.4, -0.2) is 12.1 Å². The Kier molecular flexibility index (Phi) is 3.50. The van der Waals surface area contributed by atoms with Crippen molar-refractivity contribution < 1.29 is 4.74 Å². The van der Waals surface area contributed by atoms with Gasteiger partial charge in [-0.15, -0.1) is 0 Å². The van der Waals surface area contributed by atoms with Crippen LogP contribution in [0.4, 0.5) is 16.5 Å². The first-order valence-corrected chi connectivity index (χ1v) is 7.53. The number of aromatic nitrogens is 1. The van der Waals surface area contributed by atoms with Gasteiger partial charge in [-0.2, -0.15) is 0 Å². The van der Waals surface area contributed by atoms with Crippen LogP contribution in [0.3, 0.4) is 0 Å². The summed E-state index contributed by atoms with van der Waals surface area (Å²) in [6.07, 6.45) is 0. The van der Waals surface area contributed by atoms with Gasteiger partial charge in [0.05, 0.1) is 23.0 Å². The van der Waals surface area contributed by atoms with Crippen LogP contribution in [0.15, 0.2) is 40.9 Å². The predicted octanol–water partition coefficient (Wildman–Crippen LogP) is 4.39. The van der Waals surface area contributed by atoms with E-state index in [-0.39, 0.29) is 0 Å². The molecule has 20 heavy (non-hydrogen) atoms. The number of thiazole rings is 1. The molecule has 4 nitrogen and oxygen atoms in total. The van der Waals surface area contributed by atoms with Crippen molar-refractivity contribution in [3.63, 3.8) is 0 Å². The van der Waals surface area contributed by atoms with Crippen molar-refractivity contribution in [2.45, 2.75) is 0 Å². The van der Waals surface area contributed by atoms with E-state index in [1.807, 2.05) is 36.4 Å². The molecule has 0 atom stereocenters. The number of methoxy groups -OCH3 is 1. The van der Waals surface area contributed by atoms with Gasteiger partial charge in [-0.3, -0.25) is 0 Å². The summed E-state index contributed by atoms with van der Waals surface area (Å²) in [4.78, 5) is 4.54. The molecule has 0 aliphatic carbocycles. The van der Waals surface area contributed by atoms with Crippen molar-refractivity contribution >= 4 is 54.0 Å². The molecule has 0 amide bonds. The quantitative estimate of drug-likeness (QED) is 0.688. The fraction of sp³-hybridized carbons (Fsp3) is 0.0714. The number of halogens is 1. The number of fused-ring (bicyclic) bond motifs is 1. The van der Waals surface area contributed by atoms with Crippen LogP contribution in [0.1, 0.15) is 0 Å². The van der Waals surface area contributed by atoms with E-state index in [1.54, 1.807) is 18.4 Å². The number of nitrogens with two attached hydrogens (primary N) is 1. The Morgan fingerprint density at radius 2 is 2.10 bits per heavy atom.